The summed E-state index contributed by atoms with van der Waals surface area (Å²) in [6.07, 6.45) is 8.89. The van der Waals surface area contributed by atoms with Crippen LogP contribution >= 0.6 is 0 Å². The number of rotatable bonds is 9. The van der Waals surface area contributed by atoms with Gasteiger partial charge in [0.1, 0.15) is 23.7 Å². The van der Waals surface area contributed by atoms with E-state index >= 15 is 0 Å². The van der Waals surface area contributed by atoms with Crippen LogP contribution in [0.2, 0.25) is 0 Å². The quantitative estimate of drug-likeness (QED) is 0.488. The zero-order valence-corrected chi connectivity index (χ0v) is 19.8. The molecule has 0 saturated carbocycles. The zero-order chi connectivity index (χ0) is 22.5. The summed E-state index contributed by atoms with van der Waals surface area (Å²) >= 11 is 0. The Kier molecular flexibility index (Phi) is 7.39. The van der Waals surface area contributed by atoms with Crippen molar-refractivity contribution in [3.05, 3.63) is 30.2 Å². The number of hydrogen-bond acceptors (Lipinski definition) is 6. The smallest absolute Gasteiger partial charge is 0.121 e. The van der Waals surface area contributed by atoms with Crippen LogP contribution < -0.4 is 4.74 Å². The van der Waals surface area contributed by atoms with Gasteiger partial charge in [0.15, 0.2) is 0 Å². The van der Waals surface area contributed by atoms with E-state index in [0.717, 1.165) is 80.2 Å². The molecule has 0 radical (unpaired) electrons. The maximum absolute atomic E-state index is 6.10. The predicted molar refractivity (Wildman–Crippen MR) is 130 cm³/mol. The molecule has 0 aliphatic carbocycles. The van der Waals surface area contributed by atoms with Crippen LogP contribution in [0.25, 0.3) is 21.9 Å². The molecule has 4 heterocycles. The van der Waals surface area contributed by atoms with Gasteiger partial charge in [-0.2, -0.15) is 0 Å². The van der Waals surface area contributed by atoms with Gasteiger partial charge >= 0.3 is 0 Å². The molecule has 178 valence electrons. The van der Waals surface area contributed by atoms with Gasteiger partial charge in [-0.05, 0) is 56.8 Å². The molecule has 3 aromatic rings. The second-order valence-corrected chi connectivity index (χ2v) is 9.36. The molecule has 7 heteroatoms. The molecule has 0 unspecified atom stereocenters. The first kappa shape index (κ1) is 22.6. The molecule has 0 bridgehead atoms. The van der Waals surface area contributed by atoms with E-state index in [0.29, 0.717) is 12.5 Å². The lowest BCUT2D eigenvalue weighted by atomic mass is 10.00. The van der Waals surface area contributed by atoms with Crippen LogP contribution in [0.5, 0.6) is 5.75 Å². The molecule has 5 rings (SSSR count). The molecule has 0 atom stereocenters. The Hall–Kier alpha value is -2.22. The number of aromatic nitrogens is 3. The van der Waals surface area contributed by atoms with Crippen LogP contribution in [0.15, 0.2) is 24.4 Å². The standard InChI is InChI=1S/C26H36N4O3/c1-31-13-9-25-28-24-18-27-23-17-21(33-16-12-29-10-3-2-4-11-29)5-6-22(23)26(24)30(25)19-20-7-14-32-15-8-20/h5-6,17-18,20H,2-4,7-16,19H2,1H3. The normalized spacial score (nSPS) is 18.3. The van der Waals surface area contributed by atoms with Crippen molar-refractivity contribution in [1.82, 2.24) is 19.4 Å². The number of methoxy groups -OCH3 is 1. The fourth-order valence-corrected chi connectivity index (χ4v) is 5.18. The maximum atomic E-state index is 6.10. The highest BCUT2D eigenvalue weighted by Gasteiger charge is 2.20. The number of pyridine rings is 1. The first-order valence-electron chi connectivity index (χ1n) is 12.5. The van der Waals surface area contributed by atoms with E-state index < -0.39 is 0 Å². The first-order chi connectivity index (χ1) is 16.3. The van der Waals surface area contributed by atoms with Gasteiger partial charge in [-0.1, -0.05) is 6.42 Å². The summed E-state index contributed by atoms with van der Waals surface area (Å²) in [6.45, 7) is 7.44. The van der Waals surface area contributed by atoms with Crippen LogP contribution in [-0.2, 0) is 22.4 Å². The third-order valence-electron chi connectivity index (χ3n) is 7.06. The average Bonchev–Trinajstić information content (AvgIpc) is 3.21. The van der Waals surface area contributed by atoms with Crippen molar-refractivity contribution >= 4 is 21.9 Å². The Morgan fingerprint density at radius 2 is 1.91 bits per heavy atom. The summed E-state index contributed by atoms with van der Waals surface area (Å²) in [5, 5.41) is 1.14. The lowest BCUT2D eigenvalue weighted by molar-refractivity contribution is 0.0612. The van der Waals surface area contributed by atoms with E-state index in [1.165, 1.54) is 37.9 Å². The van der Waals surface area contributed by atoms with E-state index in [4.69, 9.17) is 24.2 Å². The second kappa shape index (κ2) is 10.8. The summed E-state index contributed by atoms with van der Waals surface area (Å²) in [7, 11) is 1.75. The van der Waals surface area contributed by atoms with Crippen molar-refractivity contribution < 1.29 is 14.2 Å². The molecule has 33 heavy (non-hydrogen) atoms. The van der Waals surface area contributed by atoms with Gasteiger partial charge in [-0.15, -0.1) is 0 Å². The Bertz CT molecular complexity index is 1050. The molecule has 2 aliphatic heterocycles. The van der Waals surface area contributed by atoms with Crippen molar-refractivity contribution in [3.63, 3.8) is 0 Å². The Morgan fingerprint density at radius 3 is 2.73 bits per heavy atom. The van der Waals surface area contributed by atoms with E-state index in [1.54, 1.807) is 7.11 Å². The lowest BCUT2D eigenvalue weighted by Crippen LogP contribution is -2.33. The maximum Gasteiger partial charge on any atom is 0.121 e. The third-order valence-corrected chi connectivity index (χ3v) is 7.06. The largest absolute Gasteiger partial charge is 0.492 e. The van der Waals surface area contributed by atoms with Gasteiger partial charge in [0.2, 0.25) is 0 Å². The van der Waals surface area contributed by atoms with Gasteiger partial charge in [-0.3, -0.25) is 9.88 Å². The molecular formula is C26H36N4O3. The topological polar surface area (TPSA) is 61.6 Å². The monoisotopic (exact) mass is 452 g/mol. The van der Waals surface area contributed by atoms with Gasteiger partial charge in [0.25, 0.3) is 0 Å². The third kappa shape index (κ3) is 5.31. The highest BCUT2D eigenvalue weighted by atomic mass is 16.5. The average molecular weight is 453 g/mol. The minimum Gasteiger partial charge on any atom is -0.492 e. The zero-order valence-electron chi connectivity index (χ0n) is 19.8. The predicted octanol–water partition coefficient (Wildman–Crippen LogP) is 4.06. The minimum absolute atomic E-state index is 0.609. The van der Waals surface area contributed by atoms with E-state index in [2.05, 4.69) is 27.7 Å². The number of fused-ring (bicyclic) bond motifs is 3. The van der Waals surface area contributed by atoms with Crippen LogP contribution in [0.4, 0.5) is 0 Å². The SMILES string of the molecule is COCCc1nc2cnc3cc(OCCN4CCCCC4)ccc3c2n1CC1CCOCC1. The molecule has 0 spiro atoms. The summed E-state index contributed by atoms with van der Waals surface area (Å²) < 4.78 is 19.5. The van der Waals surface area contributed by atoms with E-state index in [1.807, 2.05) is 6.20 Å². The first-order valence-corrected chi connectivity index (χ1v) is 12.5. The number of likely N-dealkylation sites (tertiary alicyclic amines) is 1. The number of hydrogen-bond donors (Lipinski definition) is 0. The Balaban J connectivity index is 1.39. The van der Waals surface area contributed by atoms with Crippen LogP contribution in [0.3, 0.4) is 0 Å². The highest BCUT2D eigenvalue weighted by molar-refractivity contribution is 6.02. The van der Waals surface area contributed by atoms with Gasteiger partial charge in [-0.25, -0.2) is 4.98 Å². The van der Waals surface area contributed by atoms with Crippen LogP contribution in [-0.4, -0.2) is 72.6 Å². The summed E-state index contributed by atoms with van der Waals surface area (Å²) in [5.74, 6) is 2.58. The number of ether oxygens (including phenoxy) is 3. The van der Waals surface area contributed by atoms with Crippen molar-refractivity contribution in [2.24, 2.45) is 5.92 Å². The summed E-state index contributed by atoms with van der Waals surface area (Å²) in [4.78, 5) is 12.2. The molecule has 1 aromatic carbocycles. The Labute approximate surface area is 196 Å². The second-order valence-electron chi connectivity index (χ2n) is 9.36. The van der Waals surface area contributed by atoms with Crippen molar-refractivity contribution in [3.8, 4) is 5.75 Å². The molecule has 2 aromatic heterocycles. The fraction of sp³-hybridized carbons (Fsp3) is 0.615. The van der Waals surface area contributed by atoms with E-state index in [-0.39, 0.29) is 0 Å². The van der Waals surface area contributed by atoms with Crippen LogP contribution in [0.1, 0.15) is 37.9 Å². The van der Waals surface area contributed by atoms with Crippen molar-refractivity contribution in [1.29, 1.82) is 0 Å². The molecule has 2 saturated heterocycles. The minimum atomic E-state index is 0.609. The van der Waals surface area contributed by atoms with Gasteiger partial charge in [0, 0.05) is 51.3 Å². The molecule has 2 fully saturated rings. The molecule has 0 N–H and O–H groups in total. The molecule has 2 aliphatic rings. The number of imidazole rings is 1. The van der Waals surface area contributed by atoms with Gasteiger partial charge in [0.05, 0.1) is 23.8 Å². The van der Waals surface area contributed by atoms with Crippen molar-refractivity contribution in [2.45, 2.75) is 45.1 Å². The molecule has 0 amide bonds. The lowest BCUT2D eigenvalue weighted by Gasteiger charge is -2.26. The summed E-state index contributed by atoms with van der Waals surface area (Å²) in [5.41, 5.74) is 3.10. The Morgan fingerprint density at radius 1 is 1.06 bits per heavy atom. The number of nitrogens with zero attached hydrogens (tertiary/aromatic N) is 4. The van der Waals surface area contributed by atoms with Gasteiger partial charge < -0.3 is 18.8 Å². The van der Waals surface area contributed by atoms with E-state index in [9.17, 15) is 0 Å². The molecule has 7 nitrogen and oxygen atoms in total. The highest BCUT2D eigenvalue weighted by Crippen LogP contribution is 2.30. The number of benzene rings is 1. The fourth-order valence-electron chi connectivity index (χ4n) is 5.18. The summed E-state index contributed by atoms with van der Waals surface area (Å²) in [6, 6.07) is 6.31. The number of piperidine rings is 1. The van der Waals surface area contributed by atoms with Crippen LogP contribution in [0, 0.1) is 5.92 Å². The van der Waals surface area contributed by atoms with Crippen molar-refractivity contribution in [2.75, 3.05) is 53.2 Å². The molecular weight excluding hydrogens is 416 g/mol.